The quantitative estimate of drug-likeness (QED) is 0.933. The molecule has 0 radical (unpaired) electrons. The van der Waals surface area contributed by atoms with Crippen LogP contribution in [0.15, 0.2) is 24.3 Å². The SMILES string of the molecule is CC(C)(C)C(NC1CCS(=O)(=O)CC1)c1ccc(F)cc1. The summed E-state index contributed by atoms with van der Waals surface area (Å²) in [5, 5.41) is 3.58. The third-order valence-corrected chi connectivity index (χ3v) is 5.74. The van der Waals surface area contributed by atoms with Crippen molar-refractivity contribution in [2.24, 2.45) is 5.41 Å². The fraction of sp³-hybridized carbons (Fsp3) is 0.625. The number of hydrogen-bond donors (Lipinski definition) is 1. The van der Waals surface area contributed by atoms with Gasteiger partial charge in [-0.1, -0.05) is 32.9 Å². The number of halogens is 1. The number of nitrogens with one attached hydrogen (secondary N) is 1. The lowest BCUT2D eigenvalue weighted by molar-refractivity contribution is 0.242. The predicted octanol–water partition coefficient (Wildman–Crippen LogP) is 3.08. The number of hydrogen-bond acceptors (Lipinski definition) is 3. The minimum atomic E-state index is -2.85. The summed E-state index contributed by atoms with van der Waals surface area (Å²) in [6, 6.07) is 6.82. The van der Waals surface area contributed by atoms with E-state index < -0.39 is 9.84 Å². The highest BCUT2D eigenvalue weighted by Gasteiger charge is 2.31. The first kappa shape index (κ1) is 16.4. The molecule has 0 aromatic heterocycles. The molecule has 1 aromatic rings. The van der Waals surface area contributed by atoms with Crippen molar-refractivity contribution in [1.29, 1.82) is 0 Å². The summed E-state index contributed by atoms with van der Waals surface area (Å²) < 4.78 is 36.1. The fourth-order valence-corrected chi connectivity index (χ4v) is 4.29. The summed E-state index contributed by atoms with van der Waals surface area (Å²) in [5.41, 5.74) is 1.01. The molecule has 1 N–H and O–H groups in total. The molecular weight excluding hydrogens is 289 g/mol. The van der Waals surface area contributed by atoms with E-state index in [0.717, 1.165) is 5.56 Å². The zero-order valence-corrected chi connectivity index (χ0v) is 13.7. The van der Waals surface area contributed by atoms with Gasteiger partial charge in [0.05, 0.1) is 11.5 Å². The third kappa shape index (κ3) is 4.51. The van der Waals surface area contributed by atoms with Crippen LogP contribution in [0.4, 0.5) is 4.39 Å². The summed E-state index contributed by atoms with van der Waals surface area (Å²) in [5.74, 6) is 0.269. The van der Waals surface area contributed by atoms with E-state index in [1.54, 1.807) is 12.1 Å². The van der Waals surface area contributed by atoms with E-state index in [-0.39, 0.29) is 34.8 Å². The van der Waals surface area contributed by atoms with Gasteiger partial charge in [-0.2, -0.15) is 0 Å². The molecule has 1 fully saturated rings. The smallest absolute Gasteiger partial charge is 0.150 e. The molecule has 1 aromatic carbocycles. The van der Waals surface area contributed by atoms with Gasteiger partial charge in [-0.15, -0.1) is 0 Å². The molecule has 1 aliphatic rings. The highest BCUT2D eigenvalue weighted by molar-refractivity contribution is 7.91. The second-order valence-corrected chi connectivity index (χ2v) is 9.25. The Labute approximate surface area is 126 Å². The average Bonchev–Trinajstić information content (AvgIpc) is 2.37. The van der Waals surface area contributed by atoms with Gasteiger partial charge in [0.1, 0.15) is 15.7 Å². The van der Waals surface area contributed by atoms with Gasteiger partial charge in [-0.25, -0.2) is 12.8 Å². The lowest BCUT2D eigenvalue weighted by Gasteiger charge is -2.36. The van der Waals surface area contributed by atoms with Crippen molar-refractivity contribution in [2.45, 2.75) is 45.7 Å². The van der Waals surface area contributed by atoms with Gasteiger partial charge in [-0.3, -0.25) is 0 Å². The highest BCUT2D eigenvalue weighted by Crippen LogP contribution is 2.34. The van der Waals surface area contributed by atoms with E-state index in [2.05, 4.69) is 26.1 Å². The van der Waals surface area contributed by atoms with Crippen molar-refractivity contribution in [3.63, 3.8) is 0 Å². The molecule has 1 aliphatic heterocycles. The maximum absolute atomic E-state index is 13.1. The van der Waals surface area contributed by atoms with Crippen molar-refractivity contribution in [2.75, 3.05) is 11.5 Å². The Morgan fingerprint density at radius 3 is 2.14 bits per heavy atom. The Kier molecular flexibility index (Phi) is 4.73. The first-order chi connectivity index (χ1) is 9.67. The standard InChI is InChI=1S/C16H24FNO2S/c1-16(2,3)15(12-4-6-13(17)7-5-12)18-14-8-10-21(19,20)11-9-14/h4-7,14-15,18H,8-11H2,1-3H3. The van der Waals surface area contributed by atoms with Gasteiger partial charge in [-0.05, 0) is 36.0 Å². The first-order valence-electron chi connectivity index (χ1n) is 7.39. The summed E-state index contributed by atoms with van der Waals surface area (Å²) in [6.45, 7) is 6.40. The molecule has 3 nitrogen and oxygen atoms in total. The van der Waals surface area contributed by atoms with Crippen molar-refractivity contribution in [1.82, 2.24) is 5.32 Å². The zero-order chi connectivity index (χ0) is 15.7. The van der Waals surface area contributed by atoms with Crippen molar-refractivity contribution >= 4 is 9.84 Å². The fourth-order valence-electron chi connectivity index (χ4n) is 2.79. The van der Waals surface area contributed by atoms with Gasteiger partial charge in [0.2, 0.25) is 0 Å². The van der Waals surface area contributed by atoms with E-state index in [0.29, 0.717) is 12.8 Å². The van der Waals surface area contributed by atoms with Gasteiger partial charge in [0.15, 0.2) is 0 Å². The van der Waals surface area contributed by atoms with E-state index in [1.165, 1.54) is 12.1 Å². The van der Waals surface area contributed by atoms with E-state index in [4.69, 9.17) is 0 Å². The normalized spacial score (nSPS) is 21.1. The molecule has 0 spiro atoms. The first-order valence-corrected chi connectivity index (χ1v) is 9.21. The van der Waals surface area contributed by atoms with Crippen LogP contribution < -0.4 is 5.32 Å². The number of benzene rings is 1. The molecule has 0 saturated carbocycles. The largest absolute Gasteiger partial charge is 0.307 e. The summed E-state index contributed by atoms with van der Waals surface area (Å²) in [4.78, 5) is 0. The molecule has 2 rings (SSSR count). The van der Waals surface area contributed by atoms with Gasteiger partial charge >= 0.3 is 0 Å². The Bertz CT molecular complexity index is 561. The summed E-state index contributed by atoms with van der Waals surface area (Å²) in [6.07, 6.45) is 1.30. The molecule has 0 bridgehead atoms. The van der Waals surface area contributed by atoms with E-state index in [9.17, 15) is 12.8 Å². The van der Waals surface area contributed by atoms with Gasteiger partial charge < -0.3 is 5.32 Å². The van der Waals surface area contributed by atoms with Crippen LogP contribution in [0.2, 0.25) is 0 Å². The van der Waals surface area contributed by atoms with Crippen LogP contribution in [-0.2, 0) is 9.84 Å². The molecule has 1 atom stereocenters. The predicted molar refractivity (Wildman–Crippen MR) is 83.4 cm³/mol. The zero-order valence-electron chi connectivity index (χ0n) is 12.9. The van der Waals surface area contributed by atoms with Crippen molar-refractivity contribution < 1.29 is 12.8 Å². The van der Waals surface area contributed by atoms with Crippen LogP contribution in [-0.4, -0.2) is 26.0 Å². The summed E-state index contributed by atoms with van der Waals surface area (Å²) >= 11 is 0. The number of sulfone groups is 1. The molecule has 118 valence electrons. The molecule has 1 unspecified atom stereocenters. The Morgan fingerprint density at radius 2 is 1.67 bits per heavy atom. The third-order valence-electron chi connectivity index (χ3n) is 4.03. The average molecular weight is 313 g/mol. The maximum atomic E-state index is 13.1. The Hall–Kier alpha value is -0.940. The molecular formula is C16H24FNO2S. The second kappa shape index (κ2) is 6.05. The molecule has 21 heavy (non-hydrogen) atoms. The van der Waals surface area contributed by atoms with E-state index >= 15 is 0 Å². The topological polar surface area (TPSA) is 46.2 Å². The molecule has 1 saturated heterocycles. The second-order valence-electron chi connectivity index (χ2n) is 6.94. The van der Waals surface area contributed by atoms with Crippen LogP contribution in [0, 0.1) is 11.2 Å². The van der Waals surface area contributed by atoms with Crippen LogP contribution in [0.25, 0.3) is 0 Å². The minimum Gasteiger partial charge on any atom is -0.307 e. The molecule has 0 amide bonds. The Balaban J connectivity index is 2.13. The van der Waals surface area contributed by atoms with Crippen molar-refractivity contribution in [3.05, 3.63) is 35.6 Å². The van der Waals surface area contributed by atoms with Crippen LogP contribution in [0.3, 0.4) is 0 Å². The van der Waals surface area contributed by atoms with Gasteiger partial charge in [0, 0.05) is 12.1 Å². The van der Waals surface area contributed by atoms with Crippen molar-refractivity contribution in [3.8, 4) is 0 Å². The summed E-state index contributed by atoms with van der Waals surface area (Å²) in [7, 11) is -2.85. The maximum Gasteiger partial charge on any atom is 0.150 e. The van der Waals surface area contributed by atoms with Crippen LogP contribution in [0.1, 0.15) is 45.2 Å². The molecule has 5 heteroatoms. The molecule has 0 aliphatic carbocycles. The van der Waals surface area contributed by atoms with Crippen LogP contribution in [0.5, 0.6) is 0 Å². The van der Waals surface area contributed by atoms with Gasteiger partial charge in [0.25, 0.3) is 0 Å². The Morgan fingerprint density at radius 1 is 1.14 bits per heavy atom. The van der Waals surface area contributed by atoms with Crippen LogP contribution >= 0.6 is 0 Å². The highest BCUT2D eigenvalue weighted by atomic mass is 32.2. The van der Waals surface area contributed by atoms with E-state index in [1.807, 2.05) is 0 Å². The lowest BCUT2D eigenvalue weighted by atomic mass is 9.81. The minimum absolute atomic E-state index is 0.0336. The molecule has 1 heterocycles. The lowest BCUT2D eigenvalue weighted by Crippen LogP contribution is -2.43. The number of rotatable bonds is 3. The monoisotopic (exact) mass is 313 g/mol.